The summed E-state index contributed by atoms with van der Waals surface area (Å²) in [4.78, 5) is 24.4. The van der Waals surface area contributed by atoms with Crippen LogP contribution in [-0.4, -0.2) is 35.3 Å². The molecule has 0 unspecified atom stereocenters. The third-order valence-electron chi connectivity index (χ3n) is 3.90. The zero-order valence-electron chi connectivity index (χ0n) is 13.9. The molecule has 23 heavy (non-hydrogen) atoms. The Bertz CT molecular complexity index is 703. The number of methoxy groups -OCH3 is 1. The SMILES string of the molecule is CCn1c(=O)n(CCC(=O)NCCCCOC)c2ccccc21. The molecule has 1 aromatic carbocycles. The van der Waals surface area contributed by atoms with Gasteiger partial charge in [0.2, 0.25) is 5.91 Å². The lowest BCUT2D eigenvalue weighted by Gasteiger charge is -2.06. The molecule has 0 aliphatic carbocycles. The number of hydrogen-bond acceptors (Lipinski definition) is 3. The minimum Gasteiger partial charge on any atom is -0.385 e. The van der Waals surface area contributed by atoms with Crippen molar-refractivity contribution in [2.45, 2.75) is 39.3 Å². The molecule has 0 saturated carbocycles. The molecular formula is C17H25N3O3. The van der Waals surface area contributed by atoms with Gasteiger partial charge in [-0.1, -0.05) is 12.1 Å². The van der Waals surface area contributed by atoms with E-state index in [0.29, 0.717) is 32.7 Å². The van der Waals surface area contributed by atoms with Gasteiger partial charge in [-0.15, -0.1) is 0 Å². The summed E-state index contributed by atoms with van der Waals surface area (Å²) in [5, 5.41) is 2.88. The lowest BCUT2D eigenvalue weighted by molar-refractivity contribution is -0.121. The summed E-state index contributed by atoms with van der Waals surface area (Å²) in [6.45, 7) is 4.33. The van der Waals surface area contributed by atoms with Crippen LogP contribution in [0, 0.1) is 0 Å². The topological polar surface area (TPSA) is 65.3 Å². The number of nitrogens with one attached hydrogen (secondary N) is 1. The molecule has 0 radical (unpaired) electrons. The van der Waals surface area contributed by atoms with Crippen molar-refractivity contribution >= 4 is 16.9 Å². The predicted molar refractivity (Wildman–Crippen MR) is 90.6 cm³/mol. The fourth-order valence-corrected chi connectivity index (χ4v) is 2.70. The van der Waals surface area contributed by atoms with Crippen LogP contribution < -0.4 is 11.0 Å². The Kier molecular flexibility index (Phi) is 6.40. The van der Waals surface area contributed by atoms with E-state index in [1.165, 1.54) is 0 Å². The van der Waals surface area contributed by atoms with Crippen LogP contribution in [0.1, 0.15) is 26.2 Å². The molecular weight excluding hydrogens is 294 g/mol. The summed E-state index contributed by atoms with van der Waals surface area (Å²) in [5.41, 5.74) is 1.74. The third kappa shape index (κ3) is 4.22. The van der Waals surface area contributed by atoms with Crippen LogP contribution in [0.5, 0.6) is 0 Å². The second kappa shape index (κ2) is 8.53. The number of imidazole rings is 1. The van der Waals surface area contributed by atoms with Crippen molar-refractivity contribution in [1.29, 1.82) is 0 Å². The van der Waals surface area contributed by atoms with Gasteiger partial charge in [0.25, 0.3) is 0 Å². The normalized spacial score (nSPS) is 11.0. The van der Waals surface area contributed by atoms with E-state index in [1.807, 2.05) is 31.2 Å². The maximum absolute atomic E-state index is 12.4. The largest absolute Gasteiger partial charge is 0.385 e. The summed E-state index contributed by atoms with van der Waals surface area (Å²) in [5.74, 6) is -0.0253. The van der Waals surface area contributed by atoms with Crippen molar-refractivity contribution in [3.8, 4) is 0 Å². The number of amides is 1. The lowest BCUT2D eigenvalue weighted by atomic mass is 10.3. The molecule has 0 bridgehead atoms. The van der Waals surface area contributed by atoms with Crippen LogP contribution in [0.15, 0.2) is 29.1 Å². The third-order valence-corrected chi connectivity index (χ3v) is 3.90. The van der Waals surface area contributed by atoms with Gasteiger partial charge in [0, 0.05) is 39.8 Å². The molecule has 2 rings (SSSR count). The van der Waals surface area contributed by atoms with E-state index in [4.69, 9.17) is 4.74 Å². The number of aryl methyl sites for hydroxylation is 2. The van der Waals surface area contributed by atoms with Gasteiger partial charge in [0.1, 0.15) is 0 Å². The second-order valence-corrected chi connectivity index (χ2v) is 5.47. The Morgan fingerprint density at radius 2 is 1.87 bits per heavy atom. The molecule has 1 amide bonds. The van der Waals surface area contributed by atoms with Gasteiger partial charge in [0.15, 0.2) is 0 Å². The number of ether oxygens (including phenoxy) is 1. The fourth-order valence-electron chi connectivity index (χ4n) is 2.70. The lowest BCUT2D eigenvalue weighted by Crippen LogP contribution is -2.29. The standard InChI is InChI=1S/C17H25N3O3/c1-3-19-14-8-4-5-9-15(14)20(17(19)22)12-10-16(21)18-11-6-7-13-23-2/h4-5,8-9H,3,6-7,10-13H2,1-2H3,(H,18,21). The Hall–Kier alpha value is -2.08. The van der Waals surface area contributed by atoms with Gasteiger partial charge in [-0.25, -0.2) is 4.79 Å². The van der Waals surface area contributed by atoms with E-state index in [0.717, 1.165) is 23.9 Å². The smallest absolute Gasteiger partial charge is 0.329 e. The van der Waals surface area contributed by atoms with E-state index >= 15 is 0 Å². The summed E-state index contributed by atoms with van der Waals surface area (Å²) in [6, 6.07) is 7.69. The molecule has 0 spiro atoms. The van der Waals surface area contributed by atoms with Crippen molar-refractivity contribution in [3.63, 3.8) is 0 Å². The number of nitrogens with zero attached hydrogens (tertiary/aromatic N) is 2. The number of aromatic nitrogens is 2. The maximum atomic E-state index is 12.4. The number of unbranched alkanes of at least 4 members (excludes halogenated alkanes) is 1. The summed E-state index contributed by atoms with van der Waals surface area (Å²) < 4.78 is 8.39. The molecule has 0 saturated heterocycles. The van der Waals surface area contributed by atoms with Crippen molar-refractivity contribution in [1.82, 2.24) is 14.5 Å². The molecule has 1 N–H and O–H groups in total. The minimum absolute atomic E-state index is 0.0253. The monoisotopic (exact) mass is 319 g/mol. The first-order chi connectivity index (χ1) is 11.2. The second-order valence-electron chi connectivity index (χ2n) is 5.47. The molecule has 0 aliphatic heterocycles. The Morgan fingerprint density at radius 1 is 1.17 bits per heavy atom. The number of fused-ring (bicyclic) bond motifs is 1. The van der Waals surface area contributed by atoms with E-state index < -0.39 is 0 Å². The van der Waals surface area contributed by atoms with Gasteiger partial charge in [0.05, 0.1) is 11.0 Å². The molecule has 2 aromatic rings. The summed E-state index contributed by atoms with van der Waals surface area (Å²) >= 11 is 0. The first-order valence-corrected chi connectivity index (χ1v) is 8.12. The molecule has 0 atom stereocenters. The van der Waals surface area contributed by atoms with Gasteiger partial charge < -0.3 is 10.1 Å². The average Bonchev–Trinajstić information content (AvgIpc) is 2.83. The Balaban J connectivity index is 1.96. The van der Waals surface area contributed by atoms with E-state index in [9.17, 15) is 9.59 Å². The molecule has 0 fully saturated rings. The van der Waals surface area contributed by atoms with Crippen LogP contribution in [0.4, 0.5) is 0 Å². The molecule has 1 aromatic heterocycles. The van der Waals surface area contributed by atoms with Crippen LogP contribution in [0.3, 0.4) is 0 Å². The molecule has 126 valence electrons. The van der Waals surface area contributed by atoms with Crippen molar-refractivity contribution in [2.24, 2.45) is 0 Å². The fraction of sp³-hybridized carbons (Fsp3) is 0.529. The van der Waals surface area contributed by atoms with Crippen LogP contribution in [-0.2, 0) is 22.6 Å². The van der Waals surface area contributed by atoms with Crippen molar-refractivity contribution in [3.05, 3.63) is 34.7 Å². The highest BCUT2D eigenvalue weighted by Crippen LogP contribution is 2.12. The van der Waals surface area contributed by atoms with Gasteiger partial charge in [-0.05, 0) is 31.9 Å². The zero-order chi connectivity index (χ0) is 16.7. The van der Waals surface area contributed by atoms with Crippen LogP contribution in [0.2, 0.25) is 0 Å². The highest BCUT2D eigenvalue weighted by atomic mass is 16.5. The van der Waals surface area contributed by atoms with Gasteiger partial charge in [-0.2, -0.15) is 0 Å². The van der Waals surface area contributed by atoms with Crippen molar-refractivity contribution in [2.75, 3.05) is 20.3 Å². The minimum atomic E-state index is -0.0541. The molecule has 0 aliphatic rings. The number of carbonyl (C=O) groups excluding carboxylic acids is 1. The quantitative estimate of drug-likeness (QED) is 0.716. The molecule has 6 nitrogen and oxygen atoms in total. The molecule has 1 heterocycles. The van der Waals surface area contributed by atoms with Gasteiger partial charge in [-0.3, -0.25) is 13.9 Å². The zero-order valence-corrected chi connectivity index (χ0v) is 13.9. The summed E-state index contributed by atoms with van der Waals surface area (Å²) in [6.07, 6.45) is 2.14. The van der Waals surface area contributed by atoms with Crippen molar-refractivity contribution < 1.29 is 9.53 Å². The summed E-state index contributed by atoms with van der Waals surface area (Å²) in [7, 11) is 1.67. The molecule has 6 heteroatoms. The number of para-hydroxylation sites is 2. The van der Waals surface area contributed by atoms with E-state index in [-0.39, 0.29) is 11.6 Å². The number of carbonyl (C=O) groups is 1. The maximum Gasteiger partial charge on any atom is 0.329 e. The number of rotatable bonds is 9. The highest BCUT2D eigenvalue weighted by Gasteiger charge is 2.12. The predicted octanol–water partition coefficient (Wildman–Crippen LogP) is 1.76. The number of hydrogen-bond donors (Lipinski definition) is 1. The number of benzene rings is 1. The highest BCUT2D eigenvalue weighted by molar-refractivity contribution is 5.77. The Labute approximate surface area is 136 Å². The van der Waals surface area contributed by atoms with Crippen LogP contribution >= 0.6 is 0 Å². The van der Waals surface area contributed by atoms with E-state index in [1.54, 1.807) is 16.2 Å². The Morgan fingerprint density at radius 3 is 2.52 bits per heavy atom. The first-order valence-electron chi connectivity index (χ1n) is 8.12. The van der Waals surface area contributed by atoms with E-state index in [2.05, 4.69) is 5.32 Å². The van der Waals surface area contributed by atoms with Crippen LogP contribution in [0.25, 0.3) is 11.0 Å². The van der Waals surface area contributed by atoms with Gasteiger partial charge >= 0.3 is 5.69 Å². The average molecular weight is 319 g/mol. The first kappa shape index (κ1) is 17.3.